The molecule has 0 aliphatic carbocycles. The number of ether oxygens (including phenoxy) is 1. The topological polar surface area (TPSA) is 95.2 Å². The number of methoxy groups -OCH3 is 1. The van der Waals surface area contributed by atoms with Gasteiger partial charge in [-0.3, -0.25) is 14.9 Å². The van der Waals surface area contributed by atoms with Gasteiger partial charge >= 0.3 is 0 Å². The zero-order valence-corrected chi connectivity index (χ0v) is 12.8. The van der Waals surface area contributed by atoms with E-state index in [-0.39, 0.29) is 18.0 Å². The first-order valence-electron chi connectivity index (χ1n) is 7.14. The van der Waals surface area contributed by atoms with E-state index in [1.807, 2.05) is 30.3 Å². The molecule has 3 rings (SSSR count). The number of hydrogen-bond donors (Lipinski definition) is 0. The van der Waals surface area contributed by atoms with E-state index >= 15 is 0 Å². The number of benzene rings is 2. The Kier molecular flexibility index (Phi) is 4.26. The highest BCUT2D eigenvalue weighted by Crippen LogP contribution is 2.27. The fraction of sp³-hybridized carbons (Fsp3) is 0.118. The van der Waals surface area contributed by atoms with Gasteiger partial charge in [-0.1, -0.05) is 30.3 Å². The predicted octanol–water partition coefficient (Wildman–Crippen LogP) is 2.71. The smallest absolute Gasteiger partial charge is 0.294 e. The quantitative estimate of drug-likeness (QED) is 0.541. The molecule has 0 fully saturated rings. The zero-order valence-electron chi connectivity index (χ0n) is 12.8. The Balaban J connectivity index is 2.44. The van der Waals surface area contributed by atoms with Crippen molar-refractivity contribution in [3.05, 3.63) is 74.7 Å². The van der Waals surface area contributed by atoms with E-state index in [1.165, 1.54) is 25.3 Å². The molecule has 0 saturated carbocycles. The maximum absolute atomic E-state index is 12.2. The fourth-order valence-electron chi connectivity index (χ4n) is 2.39. The van der Waals surface area contributed by atoms with E-state index in [1.54, 1.807) is 0 Å². The van der Waals surface area contributed by atoms with E-state index in [4.69, 9.17) is 4.74 Å². The van der Waals surface area contributed by atoms with Crippen molar-refractivity contribution in [3.63, 3.8) is 0 Å². The molecule has 2 aromatic carbocycles. The lowest BCUT2D eigenvalue weighted by molar-refractivity contribution is -0.384. The van der Waals surface area contributed by atoms with Crippen LogP contribution in [0.4, 0.5) is 5.69 Å². The normalized spacial score (nSPS) is 10.7. The number of aromatic nitrogens is 2. The second-order valence-corrected chi connectivity index (χ2v) is 5.08. The predicted molar refractivity (Wildman–Crippen MR) is 88.6 cm³/mol. The highest BCUT2D eigenvalue weighted by atomic mass is 16.6. The summed E-state index contributed by atoms with van der Waals surface area (Å²) in [7, 11) is 1.46. The van der Waals surface area contributed by atoms with E-state index in [0.717, 1.165) is 5.56 Å². The average molecular weight is 323 g/mol. The molecule has 7 heteroatoms. The van der Waals surface area contributed by atoms with Gasteiger partial charge in [0.05, 0.1) is 22.7 Å². The summed E-state index contributed by atoms with van der Waals surface area (Å²) < 4.78 is 5.02. The van der Waals surface area contributed by atoms with E-state index in [2.05, 4.69) is 9.97 Å². The van der Waals surface area contributed by atoms with Gasteiger partial charge in [0.1, 0.15) is 5.69 Å². The van der Waals surface area contributed by atoms with Crippen LogP contribution in [0, 0.1) is 10.1 Å². The van der Waals surface area contributed by atoms with Crippen LogP contribution in [0.5, 0.6) is 0 Å². The molecule has 120 valence electrons. The van der Waals surface area contributed by atoms with Gasteiger partial charge in [-0.05, 0) is 6.07 Å². The van der Waals surface area contributed by atoms with Gasteiger partial charge in [0.25, 0.3) is 11.2 Å². The van der Waals surface area contributed by atoms with Crippen molar-refractivity contribution < 1.29 is 9.66 Å². The second-order valence-electron chi connectivity index (χ2n) is 5.08. The number of rotatable bonds is 4. The average Bonchev–Trinajstić information content (AvgIpc) is 2.72. The molecule has 24 heavy (non-hydrogen) atoms. The monoisotopic (exact) mass is 323 g/mol. The van der Waals surface area contributed by atoms with Crippen LogP contribution < -0.4 is 5.56 Å². The summed E-state index contributed by atoms with van der Waals surface area (Å²) >= 11 is 0. The van der Waals surface area contributed by atoms with Crippen LogP contribution in [-0.2, 0) is 11.3 Å². The van der Waals surface area contributed by atoms with E-state index in [9.17, 15) is 14.9 Å². The van der Waals surface area contributed by atoms with Gasteiger partial charge in [-0.25, -0.2) is 9.97 Å². The Labute approximate surface area is 136 Å². The van der Waals surface area contributed by atoms with Crippen molar-refractivity contribution in [2.24, 2.45) is 0 Å². The Hall–Kier alpha value is -3.19. The van der Waals surface area contributed by atoms with Gasteiger partial charge in [-0.2, -0.15) is 0 Å². The summed E-state index contributed by atoms with van der Waals surface area (Å²) in [5, 5.41) is 11.5. The third kappa shape index (κ3) is 2.97. The highest BCUT2D eigenvalue weighted by Gasteiger charge is 2.14. The Morgan fingerprint density at radius 1 is 1.12 bits per heavy atom. The van der Waals surface area contributed by atoms with Crippen molar-refractivity contribution >= 4 is 16.6 Å². The minimum absolute atomic E-state index is 0.00868. The van der Waals surface area contributed by atoms with Gasteiger partial charge in [0.15, 0.2) is 0 Å². The van der Waals surface area contributed by atoms with Crippen LogP contribution in [0.15, 0.2) is 53.3 Å². The van der Waals surface area contributed by atoms with Gasteiger partial charge in [0, 0.05) is 30.2 Å². The lowest BCUT2D eigenvalue weighted by Crippen LogP contribution is -2.11. The first kappa shape index (κ1) is 15.7. The van der Waals surface area contributed by atoms with Crippen LogP contribution in [0.25, 0.3) is 22.2 Å². The fourth-order valence-corrected chi connectivity index (χ4v) is 2.39. The number of nitro groups is 1. The lowest BCUT2D eigenvalue weighted by Gasteiger charge is -2.02. The molecule has 3 aromatic rings. The van der Waals surface area contributed by atoms with Crippen molar-refractivity contribution in [1.82, 2.24) is 9.97 Å². The summed E-state index contributed by atoms with van der Waals surface area (Å²) in [6.07, 6.45) is 0. The summed E-state index contributed by atoms with van der Waals surface area (Å²) in [6, 6.07) is 13.3. The molecule has 0 radical (unpaired) electrons. The molecule has 1 heterocycles. The van der Waals surface area contributed by atoms with Crippen molar-refractivity contribution in [2.75, 3.05) is 7.11 Å². The third-order valence-electron chi connectivity index (χ3n) is 3.49. The first-order valence-corrected chi connectivity index (χ1v) is 7.14. The van der Waals surface area contributed by atoms with Crippen molar-refractivity contribution in [2.45, 2.75) is 6.61 Å². The standard InChI is InChI=1S/C17H13N3O4/c1-24-10-15-17(21)19-14-8-7-12(20(22)23)9-13(14)16(18-15)11-5-3-2-4-6-11/h2-9H,10H2,1H3. The van der Waals surface area contributed by atoms with Crippen LogP contribution >= 0.6 is 0 Å². The molecule has 0 aliphatic rings. The largest absolute Gasteiger partial charge is 0.378 e. The number of fused-ring (bicyclic) bond motifs is 1. The van der Waals surface area contributed by atoms with E-state index in [0.29, 0.717) is 16.6 Å². The molecule has 0 bridgehead atoms. The minimum Gasteiger partial charge on any atom is -0.378 e. The first-order chi connectivity index (χ1) is 11.6. The highest BCUT2D eigenvalue weighted by molar-refractivity contribution is 5.93. The molecule has 0 atom stereocenters. The molecule has 7 nitrogen and oxygen atoms in total. The van der Waals surface area contributed by atoms with Crippen LogP contribution in [0.1, 0.15) is 5.69 Å². The Bertz CT molecular complexity index is 974. The summed E-state index contributed by atoms with van der Waals surface area (Å²) in [4.78, 5) is 31.3. The maximum atomic E-state index is 12.2. The number of hydrogen-bond acceptors (Lipinski definition) is 6. The molecule has 0 amide bonds. The molecule has 0 aliphatic heterocycles. The second kappa shape index (κ2) is 6.51. The summed E-state index contributed by atoms with van der Waals surface area (Å²) in [6.45, 7) is 0.00868. The SMILES string of the molecule is COCc1nc(-c2ccccc2)c2cc([N+](=O)[O-])ccc2nc1=O. The molecule has 0 N–H and O–H groups in total. The van der Waals surface area contributed by atoms with Crippen molar-refractivity contribution in [1.29, 1.82) is 0 Å². The molecular formula is C17H13N3O4. The van der Waals surface area contributed by atoms with E-state index < -0.39 is 10.5 Å². The van der Waals surface area contributed by atoms with Gasteiger partial charge in [0.2, 0.25) is 0 Å². The molecule has 0 unspecified atom stereocenters. The summed E-state index contributed by atoms with van der Waals surface area (Å²) in [5.41, 5.74) is 1.08. The van der Waals surface area contributed by atoms with Crippen LogP contribution in [-0.4, -0.2) is 22.0 Å². The third-order valence-corrected chi connectivity index (χ3v) is 3.49. The number of non-ortho nitro benzene ring substituents is 1. The van der Waals surface area contributed by atoms with Crippen LogP contribution in [0.2, 0.25) is 0 Å². The zero-order chi connectivity index (χ0) is 17.1. The molecular weight excluding hydrogens is 310 g/mol. The van der Waals surface area contributed by atoms with Crippen LogP contribution in [0.3, 0.4) is 0 Å². The number of nitro benzene ring substituents is 1. The molecule has 0 spiro atoms. The molecule has 1 aromatic heterocycles. The maximum Gasteiger partial charge on any atom is 0.294 e. The lowest BCUT2D eigenvalue weighted by atomic mass is 10.1. The minimum atomic E-state index is -0.516. The van der Waals surface area contributed by atoms with Gasteiger partial charge in [-0.15, -0.1) is 0 Å². The Morgan fingerprint density at radius 2 is 1.88 bits per heavy atom. The Morgan fingerprint density at radius 3 is 2.54 bits per heavy atom. The number of nitrogens with zero attached hydrogens (tertiary/aromatic N) is 3. The molecule has 0 saturated heterocycles. The summed E-state index contributed by atoms with van der Waals surface area (Å²) in [5.74, 6) is 0. The van der Waals surface area contributed by atoms with Crippen molar-refractivity contribution in [3.8, 4) is 11.3 Å². The van der Waals surface area contributed by atoms with Gasteiger partial charge < -0.3 is 4.74 Å².